The zero-order chi connectivity index (χ0) is 15.1. The second-order valence-corrected chi connectivity index (χ2v) is 6.53. The second-order valence-electron chi connectivity index (χ2n) is 6.53. The molecule has 6 heteroatoms. The van der Waals surface area contributed by atoms with Crippen LogP contribution in [0.5, 0.6) is 0 Å². The molecule has 2 N–H and O–H groups in total. The highest BCUT2D eigenvalue weighted by atomic mass is 127. The molecule has 1 aliphatic heterocycles. The molecule has 2 aliphatic rings. The van der Waals surface area contributed by atoms with Crippen molar-refractivity contribution in [2.75, 3.05) is 46.3 Å². The summed E-state index contributed by atoms with van der Waals surface area (Å²) in [7, 11) is 2.20. The smallest absolute Gasteiger partial charge is 0.191 e. The van der Waals surface area contributed by atoms with Gasteiger partial charge in [0, 0.05) is 44.8 Å². The molecule has 22 heavy (non-hydrogen) atoms. The van der Waals surface area contributed by atoms with Crippen LogP contribution in [0.4, 0.5) is 0 Å². The Morgan fingerprint density at radius 2 is 1.82 bits per heavy atom. The summed E-state index contributed by atoms with van der Waals surface area (Å²) in [4.78, 5) is 9.77. The molecule has 0 amide bonds. The molecule has 2 fully saturated rings. The van der Waals surface area contributed by atoms with Gasteiger partial charge in [-0.05, 0) is 33.7 Å². The Balaban J connectivity index is 0.00000242. The van der Waals surface area contributed by atoms with Gasteiger partial charge in [-0.25, -0.2) is 0 Å². The van der Waals surface area contributed by atoms with Gasteiger partial charge in [0.1, 0.15) is 0 Å². The molecule has 5 nitrogen and oxygen atoms in total. The molecule has 0 aromatic rings. The maximum Gasteiger partial charge on any atom is 0.191 e. The normalized spacial score (nSPS) is 23.1. The van der Waals surface area contributed by atoms with E-state index in [9.17, 15) is 0 Å². The fraction of sp³-hybridized carbons (Fsp3) is 0.938. The minimum absolute atomic E-state index is 0. The van der Waals surface area contributed by atoms with Gasteiger partial charge in [-0.15, -0.1) is 24.0 Å². The predicted octanol–water partition coefficient (Wildman–Crippen LogP) is 1.74. The number of nitrogens with one attached hydrogen (secondary N) is 2. The predicted molar refractivity (Wildman–Crippen MR) is 105 cm³/mol. The van der Waals surface area contributed by atoms with Crippen LogP contribution < -0.4 is 10.6 Å². The van der Waals surface area contributed by atoms with Crippen molar-refractivity contribution in [1.29, 1.82) is 0 Å². The van der Waals surface area contributed by atoms with Crippen LogP contribution >= 0.6 is 24.0 Å². The average Bonchev–Trinajstić information content (AvgIpc) is 2.98. The Morgan fingerprint density at radius 1 is 1.18 bits per heavy atom. The fourth-order valence-electron chi connectivity index (χ4n) is 3.19. The standard InChI is InChI=1S/C16H33N5.HI/c1-4-17-16(19-15-7-5-6-8-15)18-13-14(2)21-11-9-20(3)10-12-21;/h14-15H,4-13H2,1-3H3,(H2,17,18,19);1H. The molecule has 1 saturated carbocycles. The van der Waals surface area contributed by atoms with E-state index in [1.54, 1.807) is 0 Å². The van der Waals surface area contributed by atoms with E-state index in [0.717, 1.165) is 19.0 Å². The van der Waals surface area contributed by atoms with Crippen LogP contribution in [0.25, 0.3) is 0 Å². The SMILES string of the molecule is CCNC(=NCC(C)N1CCN(C)CC1)NC1CCCC1.I. The Morgan fingerprint density at radius 3 is 2.41 bits per heavy atom. The quantitative estimate of drug-likeness (QED) is 0.402. The molecule has 0 radical (unpaired) electrons. The van der Waals surface area contributed by atoms with Crippen LogP contribution in [0.3, 0.4) is 0 Å². The lowest BCUT2D eigenvalue weighted by molar-refractivity contribution is 0.122. The van der Waals surface area contributed by atoms with E-state index in [4.69, 9.17) is 4.99 Å². The molecular weight excluding hydrogens is 389 g/mol. The topological polar surface area (TPSA) is 42.9 Å². The first-order valence-electron chi connectivity index (χ1n) is 8.66. The summed E-state index contributed by atoms with van der Waals surface area (Å²) in [6.45, 7) is 10.9. The summed E-state index contributed by atoms with van der Waals surface area (Å²) in [5.41, 5.74) is 0. The summed E-state index contributed by atoms with van der Waals surface area (Å²) < 4.78 is 0. The first-order chi connectivity index (χ1) is 10.2. The van der Waals surface area contributed by atoms with Crippen molar-refractivity contribution in [3.05, 3.63) is 0 Å². The molecule has 0 bridgehead atoms. The summed E-state index contributed by atoms with van der Waals surface area (Å²) in [5.74, 6) is 1.00. The van der Waals surface area contributed by atoms with E-state index in [1.165, 1.54) is 51.9 Å². The highest BCUT2D eigenvalue weighted by Crippen LogP contribution is 2.17. The van der Waals surface area contributed by atoms with Gasteiger partial charge in [-0.2, -0.15) is 0 Å². The van der Waals surface area contributed by atoms with Crippen molar-refractivity contribution in [1.82, 2.24) is 20.4 Å². The number of aliphatic imine (C=N–C) groups is 1. The fourth-order valence-corrected chi connectivity index (χ4v) is 3.19. The molecule has 1 saturated heterocycles. The van der Waals surface area contributed by atoms with E-state index in [-0.39, 0.29) is 24.0 Å². The number of rotatable bonds is 5. The van der Waals surface area contributed by atoms with Crippen molar-refractivity contribution in [3.8, 4) is 0 Å². The lowest BCUT2D eigenvalue weighted by Gasteiger charge is -2.36. The van der Waals surface area contributed by atoms with Crippen LogP contribution in [0.1, 0.15) is 39.5 Å². The minimum Gasteiger partial charge on any atom is -0.357 e. The molecule has 1 atom stereocenters. The maximum absolute atomic E-state index is 4.81. The molecule has 1 heterocycles. The van der Waals surface area contributed by atoms with Gasteiger partial charge in [0.05, 0.1) is 6.54 Å². The number of nitrogens with zero attached hydrogens (tertiary/aromatic N) is 3. The number of guanidine groups is 1. The lowest BCUT2D eigenvalue weighted by Crippen LogP contribution is -2.49. The third-order valence-corrected chi connectivity index (χ3v) is 4.72. The molecule has 1 unspecified atom stereocenters. The van der Waals surface area contributed by atoms with Crippen LogP contribution in [0.15, 0.2) is 4.99 Å². The molecule has 1 aliphatic carbocycles. The van der Waals surface area contributed by atoms with Gasteiger partial charge >= 0.3 is 0 Å². The summed E-state index contributed by atoms with van der Waals surface area (Å²) in [5, 5.41) is 6.98. The van der Waals surface area contributed by atoms with Crippen molar-refractivity contribution >= 4 is 29.9 Å². The van der Waals surface area contributed by atoms with E-state index in [1.807, 2.05) is 0 Å². The Labute approximate surface area is 153 Å². The van der Waals surface area contributed by atoms with Crippen LogP contribution in [0.2, 0.25) is 0 Å². The van der Waals surface area contributed by atoms with Crippen LogP contribution in [0, 0.1) is 0 Å². The highest BCUT2D eigenvalue weighted by molar-refractivity contribution is 14.0. The first kappa shape index (κ1) is 20.0. The highest BCUT2D eigenvalue weighted by Gasteiger charge is 2.19. The number of hydrogen-bond acceptors (Lipinski definition) is 3. The Hall–Kier alpha value is -0.0800. The van der Waals surface area contributed by atoms with Gasteiger partial charge in [0.25, 0.3) is 0 Å². The number of likely N-dealkylation sites (N-methyl/N-ethyl adjacent to an activating group) is 1. The minimum atomic E-state index is 0. The molecule has 0 aromatic carbocycles. The number of hydrogen-bond donors (Lipinski definition) is 2. The van der Waals surface area contributed by atoms with Gasteiger partial charge in [0.15, 0.2) is 5.96 Å². The first-order valence-corrected chi connectivity index (χ1v) is 8.66. The van der Waals surface area contributed by atoms with Crippen molar-refractivity contribution < 1.29 is 0 Å². The van der Waals surface area contributed by atoms with Crippen LogP contribution in [-0.2, 0) is 0 Å². The van der Waals surface area contributed by atoms with Crippen molar-refractivity contribution in [2.45, 2.75) is 51.6 Å². The zero-order valence-electron chi connectivity index (χ0n) is 14.5. The lowest BCUT2D eigenvalue weighted by atomic mass is 10.2. The van der Waals surface area contributed by atoms with Gasteiger partial charge in [-0.3, -0.25) is 9.89 Å². The average molecular weight is 423 g/mol. The van der Waals surface area contributed by atoms with Crippen molar-refractivity contribution in [3.63, 3.8) is 0 Å². The van der Waals surface area contributed by atoms with Gasteiger partial charge in [-0.1, -0.05) is 12.8 Å². The Kier molecular flexibility index (Phi) is 9.66. The largest absolute Gasteiger partial charge is 0.357 e. The van der Waals surface area contributed by atoms with Gasteiger partial charge < -0.3 is 15.5 Å². The second kappa shape index (κ2) is 10.6. The summed E-state index contributed by atoms with van der Waals surface area (Å²) in [6, 6.07) is 1.15. The number of piperazine rings is 1. The van der Waals surface area contributed by atoms with E-state index < -0.39 is 0 Å². The summed E-state index contributed by atoms with van der Waals surface area (Å²) in [6.07, 6.45) is 5.29. The summed E-state index contributed by atoms with van der Waals surface area (Å²) >= 11 is 0. The Bertz CT molecular complexity index is 322. The zero-order valence-corrected chi connectivity index (χ0v) is 16.8. The van der Waals surface area contributed by atoms with Crippen LogP contribution in [-0.4, -0.2) is 74.2 Å². The van der Waals surface area contributed by atoms with E-state index in [2.05, 4.69) is 41.3 Å². The third-order valence-electron chi connectivity index (χ3n) is 4.72. The van der Waals surface area contributed by atoms with Crippen molar-refractivity contribution in [2.24, 2.45) is 4.99 Å². The molecule has 2 rings (SSSR count). The molecule has 0 aromatic heterocycles. The maximum atomic E-state index is 4.81. The molecular formula is C16H34IN5. The monoisotopic (exact) mass is 423 g/mol. The number of halogens is 1. The van der Waals surface area contributed by atoms with Gasteiger partial charge in [0.2, 0.25) is 0 Å². The van der Waals surface area contributed by atoms with E-state index >= 15 is 0 Å². The third kappa shape index (κ3) is 6.58. The van der Waals surface area contributed by atoms with E-state index in [0.29, 0.717) is 12.1 Å². The molecule has 130 valence electrons. The molecule has 0 spiro atoms.